The van der Waals surface area contributed by atoms with Crippen LogP contribution in [0, 0.1) is 0 Å². The van der Waals surface area contributed by atoms with E-state index in [2.05, 4.69) is 21.0 Å². The average molecular weight is 594 g/mol. The van der Waals surface area contributed by atoms with Crippen LogP contribution in [0.4, 0.5) is 0 Å². The molecule has 3 heterocycles. The van der Waals surface area contributed by atoms with Crippen molar-refractivity contribution in [1.82, 2.24) is 9.66 Å². The molecule has 0 N–H and O–H groups in total. The van der Waals surface area contributed by atoms with Crippen LogP contribution in [-0.2, 0) is 6.61 Å². The first-order chi connectivity index (χ1) is 19.6. The van der Waals surface area contributed by atoms with E-state index in [0.717, 1.165) is 32.5 Å². The van der Waals surface area contributed by atoms with Crippen molar-refractivity contribution in [2.75, 3.05) is 6.79 Å². The van der Waals surface area contributed by atoms with Crippen LogP contribution in [0.2, 0.25) is 0 Å². The molecule has 0 unspecified atom stereocenters. The van der Waals surface area contributed by atoms with Gasteiger partial charge in [0.15, 0.2) is 17.3 Å². The Morgan fingerprint density at radius 1 is 0.950 bits per heavy atom. The van der Waals surface area contributed by atoms with Gasteiger partial charge in [0, 0.05) is 9.86 Å². The topological polar surface area (TPSA) is 88.1 Å². The summed E-state index contributed by atoms with van der Waals surface area (Å²) in [5, 5.41) is 5.88. The molecule has 40 heavy (non-hydrogen) atoms. The summed E-state index contributed by atoms with van der Waals surface area (Å²) < 4.78 is 25.0. The number of aromatic nitrogens is 2. The van der Waals surface area contributed by atoms with E-state index >= 15 is 0 Å². The standard InChI is InChI=1S/C31H20BrN3O5/c32-22-8-12-26-21(14-22)15-29(40-26)30-34-25-4-2-1-3-24(25)31(36)35(30)33-16-19-5-9-23(10-6-19)37-17-20-7-11-27-28(13-20)39-18-38-27/h1-16H,17-18H2. The van der Waals surface area contributed by atoms with Gasteiger partial charge in [-0.3, -0.25) is 4.79 Å². The third-order valence-electron chi connectivity index (χ3n) is 6.50. The number of furan rings is 1. The third-order valence-corrected chi connectivity index (χ3v) is 6.99. The van der Waals surface area contributed by atoms with Crippen molar-refractivity contribution in [2.24, 2.45) is 5.10 Å². The van der Waals surface area contributed by atoms with Crippen LogP contribution in [-0.4, -0.2) is 22.7 Å². The third kappa shape index (κ3) is 4.60. The molecule has 1 aliphatic heterocycles. The van der Waals surface area contributed by atoms with Crippen LogP contribution in [0.1, 0.15) is 11.1 Å². The van der Waals surface area contributed by atoms with Gasteiger partial charge in [-0.25, -0.2) is 4.98 Å². The smallest absolute Gasteiger partial charge is 0.282 e. The quantitative estimate of drug-likeness (QED) is 0.198. The summed E-state index contributed by atoms with van der Waals surface area (Å²) >= 11 is 3.49. The Hall–Kier alpha value is -4.89. The van der Waals surface area contributed by atoms with Gasteiger partial charge in [-0.05, 0) is 83.9 Å². The molecular weight excluding hydrogens is 574 g/mol. The molecule has 0 saturated heterocycles. The van der Waals surface area contributed by atoms with Gasteiger partial charge in [-0.1, -0.05) is 34.1 Å². The first-order valence-corrected chi connectivity index (χ1v) is 13.3. The van der Waals surface area contributed by atoms with E-state index in [-0.39, 0.29) is 12.4 Å². The van der Waals surface area contributed by atoms with E-state index in [4.69, 9.17) is 23.6 Å². The molecular formula is C31H20BrN3O5. The second kappa shape index (κ2) is 10.0. The highest BCUT2D eigenvalue weighted by molar-refractivity contribution is 9.10. The van der Waals surface area contributed by atoms with Gasteiger partial charge in [0.2, 0.25) is 12.6 Å². The summed E-state index contributed by atoms with van der Waals surface area (Å²) in [4.78, 5) is 18.2. The van der Waals surface area contributed by atoms with Gasteiger partial charge in [0.05, 0.1) is 17.1 Å². The van der Waals surface area contributed by atoms with Crippen LogP contribution in [0.3, 0.4) is 0 Å². The minimum absolute atomic E-state index is 0.238. The lowest BCUT2D eigenvalue weighted by Crippen LogP contribution is -2.20. The molecule has 2 aromatic heterocycles. The van der Waals surface area contributed by atoms with E-state index in [0.29, 0.717) is 40.4 Å². The Morgan fingerprint density at radius 2 is 1.80 bits per heavy atom. The Labute approximate surface area is 236 Å². The highest BCUT2D eigenvalue weighted by atomic mass is 79.9. The SMILES string of the molecule is O=c1c2ccccc2nc(-c2cc3cc(Br)ccc3o2)n1N=Cc1ccc(OCc2ccc3c(c2)OCO3)cc1. The summed E-state index contributed by atoms with van der Waals surface area (Å²) in [5.74, 6) is 2.93. The molecule has 7 rings (SSSR count). The fraction of sp³-hybridized carbons (Fsp3) is 0.0645. The van der Waals surface area contributed by atoms with Gasteiger partial charge in [-0.2, -0.15) is 9.78 Å². The molecule has 0 aliphatic carbocycles. The Bertz CT molecular complexity index is 1980. The van der Waals surface area contributed by atoms with Crippen molar-refractivity contribution >= 4 is 44.0 Å². The zero-order valence-electron chi connectivity index (χ0n) is 20.9. The molecule has 0 bridgehead atoms. The lowest BCUT2D eigenvalue weighted by molar-refractivity contribution is 0.174. The van der Waals surface area contributed by atoms with Crippen molar-refractivity contribution < 1.29 is 18.6 Å². The predicted octanol–water partition coefficient (Wildman–Crippen LogP) is 6.76. The molecule has 0 atom stereocenters. The molecule has 8 nitrogen and oxygen atoms in total. The van der Waals surface area contributed by atoms with Gasteiger partial charge in [0.25, 0.3) is 5.56 Å². The number of benzene rings is 4. The summed E-state index contributed by atoms with van der Waals surface area (Å²) in [7, 11) is 0. The number of ether oxygens (including phenoxy) is 3. The van der Waals surface area contributed by atoms with E-state index in [1.807, 2.05) is 72.8 Å². The van der Waals surface area contributed by atoms with E-state index in [9.17, 15) is 4.79 Å². The molecule has 0 spiro atoms. The molecule has 0 saturated carbocycles. The number of halogens is 1. The van der Waals surface area contributed by atoms with Crippen LogP contribution in [0.25, 0.3) is 33.5 Å². The molecule has 6 aromatic rings. The summed E-state index contributed by atoms with van der Waals surface area (Å²) in [6.07, 6.45) is 1.61. The number of nitrogens with zero attached hydrogens (tertiary/aromatic N) is 3. The zero-order chi connectivity index (χ0) is 27.1. The first-order valence-electron chi connectivity index (χ1n) is 12.5. The molecule has 1 aliphatic rings. The number of para-hydroxylation sites is 1. The second-order valence-electron chi connectivity index (χ2n) is 9.15. The molecule has 0 radical (unpaired) electrons. The highest BCUT2D eigenvalue weighted by Crippen LogP contribution is 2.33. The van der Waals surface area contributed by atoms with Gasteiger partial charge in [0.1, 0.15) is 17.9 Å². The maximum Gasteiger partial charge on any atom is 0.282 e. The van der Waals surface area contributed by atoms with E-state index in [1.165, 1.54) is 4.68 Å². The normalized spacial score (nSPS) is 12.5. The number of fused-ring (bicyclic) bond motifs is 3. The first kappa shape index (κ1) is 24.2. The van der Waals surface area contributed by atoms with Crippen molar-refractivity contribution in [3.8, 4) is 28.8 Å². The molecule has 4 aromatic carbocycles. The number of hydrogen-bond donors (Lipinski definition) is 0. The second-order valence-corrected chi connectivity index (χ2v) is 10.1. The zero-order valence-corrected chi connectivity index (χ0v) is 22.5. The van der Waals surface area contributed by atoms with Crippen LogP contribution < -0.4 is 19.8 Å². The fourth-order valence-electron chi connectivity index (χ4n) is 4.49. The summed E-state index contributed by atoms with van der Waals surface area (Å²) in [6.45, 7) is 0.626. The van der Waals surface area contributed by atoms with Crippen LogP contribution in [0.5, 0.6) is 17.2 Å². The summed E-state index contributed by atoms with van der Waals surface area (Å²) in [6, 6.07) is 28.0. The lowest BCUT2D eigenvalue weighted by atomic mass is 10.2. The van der Waals surface area contributed by atoms with E-state index < -0.39 is 0 Å². The van der Waals surface area contributed by atoms with Crippen molar-refractivity contribution in [3.63, 3.8) is 0 Å². The summed E-state index contributed by atoms with van der Waals surface area (Å²) in [5.41, 5.74) is 2.73. The molecule has 9 heteroatoms. The van der Waals surface area contributed by atoms with Crippen LogP contribution in [0.15, 0.2) is 110 Å². The maximum atomic E-state index is 13.5. The van der Waals surface area contributed by atoms with E-state index in [1.54, 1.807) is 24.4 Å². The Balaban J connectivity index is 1.17. The number of rotatable bonds is 6. The molecule has 0 fully saturated rings. The Kier molecular flexibility index (Phi) is 6.05. The van der Waals surface area contributed by atoms with Gasteiger partial charge < -0.3 is 18.6 Å². The van der Waals surface area contributed by atoms with Crippen molar-refractivity contribution in [3.05, 3.63) is 117 Å². The fourth-order valence-corrected chi connectivity index (χ4v) is 4.87. The predicted molar refractivity (Wildman–Crippen MR) is 155 cm³/mol. The van der Waals surface area contributed by atoms with Gasteiger partial charge in [-0.15, -0.1) is 0 Å². The van der Waals surface area contributed by atoms with Crippen molar-refractivity contribution in [2.45, 2.75) is 6.61 Å². The van der Waals surface area contributed by atoms with Crippen molar-refractivity contribution in [1.29, 1.82) is 0 Å². The number of hydrogen-bond acceptors (Lipinski definition) is 7. The minimum atomic E-state index is -0.290. The molecule has 196 valence electrons. The monoisotopic (exact) mass is 593 g/mol. The highest BCUT2D eigenvalue weighted by Gasteiger charge is 2.17. The average Bonchev–Trinajstić information content (AvgIpc) is 3.62. The van der Waals surface area contributed by atoms with Crippen LogP contribution >= 0.6 is 15.9 Å². The molecule has 0 amide bonds. The largest absolute Gasteiger partial charge is 0.489 e. The minimum Gasteiger partial charge on any atom is -0.489 e. The maximum absolute atomic E-state index is 13.5. The lowest BCUT2D eigenvalue weighted by Gasteiger charge is -2.08. The Morgan fingerprint density at radius 3 is 2.70 bits per heavy atom. The van der Waals surface area contributed by atoms with Gasteiger partial charge >= 0.3 is 0 Å².